The molecule has 5 heteroatoms. The summed E-state index contributed by atoms with van der Waals surface area (Å²) in [4.78, 5) is 16.5. The van der Waals surface area contributed by atoms with Crippen molar-refractivity contribution in [1.29, 1.82) is 0 Å². The predicted octanol–water partition coefficient (Wildman–Crippen LogP) is 1.58. The van der Waals surface area contributed by atoms with Crippen LogP contribution in [-0.4, -0.2) is 60.5 Å². The Labute approximate surface area is 114 Å². The lowest BCUT2D eigenvalue weighted by Crippen LogP contribution is -2.35. The van der Waals surface area contributed by atoms with E-state index in [4.69, 9.17) is 0 Å². The molecule has 0 aliphatic heterocycles. The molecular formula is C14H21N5. The zero-order valence-corrected chi connectivity index (χ0v) is 12.0. The number of aliphatic imine (C=N–C) groups is 1. The summed E-state index contributed by atoms with van der Waals surface area (Å²) in [6.07, 6.45) is 0.819. The normalized spacial score (nSPS) is 10.5. The number of hydrogen-bond donors (Lipinski definition) is 1. The molecule has 0 amide bonds. The number of benzene rings is 1. The largest absolute Gasteiger partial charge is 0.349 e. The van der Waals surface area contributed by atoms with Gasteiger partial charge in [0.1, 0.15) is 5.82 Å². The highest BCUT2D eigenvalue weighted by Gasteiger charge is 2.05. The Kier molecular flexibility index (Phi) is 4.04. The Bertz CT molecular complexity index is 525. The van der Waals surface area contributed by atoms with Crippen molar-refractivity contribution in [3.63, 3.8) is 0 Å². The Morgan fingerprint density at radius 2 is 1.84 bits per heavy atom. The second-order valence-electron chi connectivity index (χ2n) is 4.92. The van der Waals surface area contributed by atoms with Gasteiger partial charge >= 0.3 is 0 Å². The van der Waals surface area contributed by atoms with Gasteiger partial charge in [0.2, 0.25) is 0 Å². The topological polar surface area (TPSA) is 47.5 Å². The Morgan fingerprint density at radius 3 is 2.47 bits per heavy atom. The summed E-state index contributed by atoms with van der Waals surface area (Å²) >= 11 is 0. The number of fused-ring (bicyclic) bond motifs is 1. The molecule has 5 nitrogen and oxygen atoms in total. The Balaban J connectivity index is 2.04. The highest BCUT2D eigenvalue weighted by molar-refractivity contribution is 5.79. The van der Waals surface area contributed by atoms with Gasteiger partial charge < -0.3 is 14.8 Å². The first-order valence-electron chi connectivity index (χ1n) is 6.40. The average Bonchev–Trinajstić information content (AvgIpc) is 2.76. The molecule has 0 radical (unpaired) electrons. The molecule has 1 aromatic carbocycles. The van der Waals surface area contributed by atoms with Crippen LogP contribution < -0.4 is 0 Å². The lowest BCUT2D eigenvalue weighted by atomic mass is 10.3. The Morgan fingerprint density at radius 1 is 1.16 bits per heavy atom. The fraction of sp³-hybridized carbons (Fsp3) is 0.429. The van der Waals surface area contributed by atoms with E-state index in [1.54, 1.807) is 0 Å². The van der Waals surface area contributed by atoms with Crippen LogP contribution in [0.15, 0.2) is 29.3 Å². The third-order valence-corrected chi connectivity index (χ3v) is 2.84. The maximum atomic E-state index is 4.60. The minimum Gasteiger partial charge on any atom is -0.349 e. The van der Waals surface area contributed by atoms with Crippen LogP contribution in [0.3, 0.4) is 0 Å². The lowest BCUT2D eigenvalue weighted by molar-refractivity contribution is 0.479. The molecular weight excluding hydrogens is 238 g/mol. The fourth-order valence-corrected chi connectivity index (χ4v) is 2.07. The van der Waals surface area contributed by atoms with E-state index in [9.17, 15) is 0 Å². The minimum atomic E-state index is 0.728. The SMILES string of the molecule is CN(C)C(=NCCc1nc2ccccc2[nH]1)N(C)C. The van der Waals surface area contributed by atoms with Crippen molar-refractivity contribution in [2.75, 3.05) is 34.7 Å². The van der Waals surface area contributed by atoms with E-state index < -0.39 is 0 Å². The van der Waals surface area contributed by atoms with Crippen molar-refractivity contribution in [3.8, 4) is 0 Å². The van der Waals surface area contributed by atoms with Crippen molar-refractivity contribution >= 4 is 17.0 Å². The second kappa shape index (κ2) is 5.73. The quantitative estimate of drug-likeness (QED) is 0.672. The molecule has 2 rings (SSSR count). The number of para-hydroxylation sites is 2. The van der Waals surface area contributed by atoms with E-state index in [-0.39, 0.29) is 0 Å². The number of aromatic amines is 1. The van der Waals surface area contributed by atoms with Crippen molar-refractivity contribution in [3.05, 3.63) is 30.1 Å². The molecule has 102 valence electrons. The third-order valence-electron chi connectivity index (χ3n) is 2.84. The molecule has 0 saturated heterocycles. The van der Waals surface area contributed by atoms with E-state index in [0.29, 0.717) is 0 Å². The maximum Gasteiger partial charge on any atom is 0.195 e. The molecule has 0 unspecified atom stereocenters. The zero-order chi connectivity index (χ0) is 13.8. The summed E-state index contributed by atoms with van der Waals surface area (Å²) in [6, 6.07) is 8.07. The van der Waals surface area contributed by atoms with E-state index >= 15 is 0 Å². The van der Waals surface area contributed by atoms with Gasteiger partial charge in [0.05, 0.1) is 11.0 Å². The van der Waals surface area contributed by atoms with Crippen molar-refractivity contribution in [2.24, 2.45) is 4.99 Å². The highest BCUT2D eigenvalue weighted by atomic mass is 15.3. The van der Waals surface area contributed by atoms with Crippen LogP contribution in [0.25, 0.3) is 11.0 Å². The standard InChI is InChI=1S/C14H21N5/c1-18(2)14(19(3)4)15-10-9-13-16-11-7-5-6-8-12(11)17-13/h5-8H,9-10H2,1-4H3,(H,16,17). The molecule has 0 spiro atoms. The molecule has 1 aromatic heterocycles. The number of H-pyrrole nitrogens is 1. The van der Waals surface area contributed by atoms with Crippen molar-refractivity contribution in [2.45, 2.75) is 6.42 Å². The molecule has 0 aliphatic rings. The second-order valence-corrected chi connectivity index (χ2v) is 4.92. The van der Waals surface area contributed by atoms with Gasteiger partial charge in [-0.25, -0.2) is 4.98 Å². The van der Waals surface area contributed by atoms with Crippen LogP contribution in [-0.2, 0) is 6.42 Å². The number of hydrogen-bond acceptors (Lipinski definition) is 2. The van der Waals surface area contributed by atoms with Gasteiger partial charge in [-0.05, 0) is 12.1 Å². The molecule has 1 N–H and O–H groups in total. The predicted molar refractivity (Wildman–Crippen MR) is 79.5 cm³/mol. The van der Waals surface area contributed by atoms with Gasteiger partial charge in [-0.1, -0.05) is 12.1 Å². The van der Waals surface area contributed by atoms with E-state index in [2.05, 4.69) is 15.0 Å². The summed E-state index contributed by atoms with van der Waals surface area (Å²) in [5, 5.41) is 0. The maximum absolute atomic E-state index is 4.60. The average molecular weight is 259 g/mol. The minimum absolute atomic E-state index is 0.728. The summed E-state index contributed by atoms with van der Waals surface area (Å²) in [5.74, 6) is 1.96. The lowest BCUT2D eigenvalue weighted by Gasteiger charge is -2.22. The summed E-state index contributed by atoms with van der Waals surface area (Å²) in [6.45, 7) is 0.728. The van der Waals surface area contributed by atoms with Gasteiger partial charge in [-0.3, -0.25) is 4.99 Å². The van der Waals surface area contributed by atoms with Gasteiger partial charge in [0.15, 0.2) is 5.96 Å². The molecule has 2 aromatic rings. The van der Waals surface area contributed by atoms with Gasteiger partial charge in [-0.15, -0.1) is 0 Å². The van der Waals surface area contributed by atoms with Crippen LogP contribution in [0.4, 0.5) is 0 Å². The van der Waals surface area contributed by atoms with Gasteiger partial charge in [0, 0.05) is 41.2 Å². The van der Waals surface area contributed by atoms with E-state index in [1.165, 1.54) is 0 Å². The van der Waals surface area contributed by atoms with Crippen LogP contribution >= 0.6 is 0 Å². The van der Waals surface area contributed by atoms with Crippen LogP contribution in [0.1, 0.15) is 5.82 Å². The molecule has 0 atom stereocenters. The van der Waals surface area contributed by atoms with E-state index in [0.717, 1.165) is 35.8 Å². The van der Waals surface area contributed by atoms with E-state index in [1.807, 2.05) is 62.3 Å². The highest BCUT2D eigenvalue weighted by Crippen LogP contribution is 2.10. The Hall–Kier alpha value is -2.04. The molecule has 0 aliphatic carbocycles. The van der Waals surface area contributed by atoms with Crippen LogP contribution in [0, 0.1) is 0 Å². The first-order valence-corrected chi connectivity index (χ1v) is 6.40. The van der Waals surface area contributed by atoms with Crippen LogP contribution in [0.2, 0.25) is 0 Å². The number of nitrogens with one attached hydrogen (secondary N) is 1. The molecule has 1 heterocycles. The fourth-order valence-electron chi connectivity index (χ4n) is 2.07. The van der Waals surface area contributed by atoms with Crippen molar-refractivity contribution < 1.29 is 0 Å². The number of nitrogens with zero attached hydrogens (tertiary/aromatic N) is 4. The summed E-state index contributed by atoms with van der Waals surface area (Å²) in [5.41, 5.74) is 2.10. The molecule has 19 heavy (non-hydrogen) atoms. The molecule has 0 bridgehead atoms. The first-order chi connectivity index (χ1) is 9.08. The number of guanidine groups is 1. The monoisotopic (exact) mass is 259 g/mol. The first kappa shape index (κ1) is 13.4. The van der Waals surface area contributed by atoms with Gasteiger partial charge in [-0.2, -0.15) is 0 Å². The number of rotatable bonds is 3. The number of imidazole rings is 1. The molecule has 0 fully saturated rings. The zero-order valence-electron chi connectivity index (χ0n) is 12.0. The van der Waals surface area contributed by atoms with Gasteiger partial charge in [0.25, 0.3) is 0 Å². The number of aromatic nitrogens is 2. The third kappa shape index (κ3) is 3.24. The smallest absolute Gasteiger partial charge is 0.195 e. The summed E-state index contributed by atoms with van der Waals surface area (Å²) < 4.78 is 0. The molecule has 0 saturated carbocycles. The summed E-state index contributed by atoms with van der Waals surface area (Å²) in [7, 11) is 8.00. The van der Waals surface area contributed by atoms with Crippen molar-refractivity contribution in [1.82, 2.24) is 19.8 Å². The van der Waals surface area contributed by atoms with Crippen LogP contribution in [0.5, 0.6) is 0 Å².